The molecule has 0 aliphatic carbocycles. The summed E-state index contributed by atoms with van der Waals surface area (Å²) < 4.78 is 0. The molecule has 1 saturated heterocycles. The Bertz CT molecular complexity index is 418. The van der Waals surface area contributed by atoms with Gasteiger partial charge in [0.1, 0.15) is 0 Å². The summed E-state index contributed by atoms with van der Waals surface area (Å²) in [5.41, 5.74) is 7.27. The SMILES string of the molecule is CC1(C)CCCN(CC(N)(CO)c2ccccc2)CC1. The van der Waals surface area contributed by atoms with E-state index < -0.39 is 5.54 Å². The fourth-order valence-electron chi connectivity index (χ4n) is 3.04. The van der Waals surface area contributed by atoms with Crippen molar-refractivity contribution < 1.29 is 5.11 Å². The van der Waals surface area contributed by atoms with E-state index in [1.807, 2.05) is 30.3 Å². The molecule has 1 fully saturated rings. The van der Waals surface area contributed by atoms with Gasteiger partial charge in [0.15, 0.2) is 0 Å². The Balaban J connectivity index is 2.06. The summed E-state index contributed by atoms with van der Waals surface area (Å²) in [6.07, 6.45) is 3.68. The molecule has 0 saturated carbocycles. The standard InChI is InChI=1S/C17H28N2O/c1-16(2)9-6-11-19(12-10-16)13-17(18,14-20)15-7-4-3-5-8-15/h3-5,7-8,20H,6,9-14,18H2,1-2H3. The highest BCUT2D eigenvalue weighted by atomic mass is 16.3. The molecule has 3 nitrogen and oxygen atoms in total. The van der Waals surface area contributed by atoms with Crippen LogP contribution in [0.4, 0.5) is 0 Å². The zero-order chi connectivity index (χ0) is 14.6. The monoisotopic (exact) mass is 276 g/mol. The van der Waals surface area contributed by atoms with Crippen molar-refractivity contribution in [3.8, 4) is 0 Å². The molecule has 112 valence electrons. The maximum atomic E-state index is 9.79. The highest BCUT2D eigenvalue weighted by molar-refractivity contribution is 5.24. The van der Waals surface area contributed by atoms with Gasteiger partial charge in [-0.15, -0.1) is 0 Å². The number of nitrogens with zero attached hydrogens (tertiary/aromatic N) is 1. The van der Waals surface area contributed by atoms with Gasteiger partial charge in [0.25, 0.3) is 0 Å². The summed E-state index contributed by atoms with van der Waals surface area (Å²) in [6.45, 7) is 7.54. The first-order chi connectivity index (χ1) is 9.45. The van der Waals surface area contributed by atoms with Crippen molar-refractivity contribution >= 4 is 0 Å². The van der Waals surface area contributed by atoms with Crippen molar-refractivity contribution in [3.63, 3.8) is 0 Å². The van der Waals surface area contributed by atoms with Gasteiger partial charge in [0.05, 0.1) is 12.1 Å². The van der Waals surface area contributed by atoms with Crippen LogP contribution in [0.2, 0.25) is 0 Å². The third-order valence-corrected chi connectivity index (χ3v) is 4.57. The van der Waals surface area contributed by atoms with Crippen LogP contribution < -0.4 is 5.73 Å². The number of nitrogens with two attached hydrogens (primary N) is 1. The van der Waals surface area contributed by atoms with Gasteiger partial charge < -0.3 is 15.7 Å². The quantitative estimate of drug-likeness (QED) is 0.887. The first-order valence-corrected chi connectivity index (χ1v) is 7.63. The van der Waals surface area contributed by atoms with Gasteiger partial charge in [-0.3, -0.25) is 0 Å². The van der Waals surface area contributed by atoms with E-state index in [0.29, 0.717) is 5.41 Å². The second kappa shape index (κ2) is 6.25. The summed E-state index contributed by atoms with van der Waals surface area (Å²) in [5.74, 6) is 0. The number of benzene rings is 1. The Labute approximate surface area is 122 Å². The van der Waals surface area contributed by atoms with Crippen LogP contribution in [-0.4, -0.2) is 36.2 Å². The normalized spacial score (nSPS) is 23.0. The molecular formula is C17H28N2O. The number of aliphatic hydroxyl groups is 1. The van der Waals surface area contributed by atoms with E-state index in [0.717, 1.165) is 25.2 Å². The minimum atomic E-state index is -0.657. The van der Waals surface area contributed by atoms with Crippen LogP contribution in [0.5, 0.6) is 0 Å². The van der Waals surface area contributed by atoms with E-state index in [-0.39, 0.29) is 6.61 Å². The summed E-state index contributed by atoms with van der Waals surface area (Å²) in [5, 5.41) is 9.79. The Kier molecular flexibility index (Phi) is 4.84. The molecule has 1 heterocycles. The molecule has 1 aromatic carbocycles. The van der Waals surface area contributed by atoms with Crippen LogP contribution in [0.1, 0.15) is 38.7 Å². The molecule has 3 N–H and O–H groups in total. The smallest absolute Gasteiger partial charge is 0.0772 e. The predicted molar refractivity (Wildman–Crippen MR) is 83.5 cm³/mol. The van der Waals surface area contributed by atoms with Crippen LogP contribution in [0, 0.1) is 5.41 Å². The lowest BCUT2D eigenvalue weighted by Gasteiger charge is -2.34. The van der Waals surface area contributed by atoms with Crippen LogP contribution in [0.15, 0.2) is 30.3 Å². The fourth-order valence-corrected chi connectivity index (χ4v) is 3.04. The Morgan fingerprint density at radius 3 is 2.55 bits per heavy atom. The molecule has 1 atom stereocenters. The molecule has 1 aliphatic heterocycles. The van der Waals surface area contributed by atoms with E-state index in [9.17, 15) is 5.11 Å². The highest BCUT2D eigenvalue weighted by Crippen LogP contribution is 2.30. The fraction of sp³-hybridized carbons (Fsp3) is 0.647. The molecule has 1 aromatic rings. The van der Waals surface area contributed by atoms with Gasteiger partial charge >= 0.3 is 0 Å². The van der Waals surface area contributed by atoms with Gasteiger partial charge in [-0.2, -0.15) is 0 Å². The molecule has 1 aliphatic rings. The molecule has 0 aromatic heterocycles. The summed E-state index contributed by atoms with van der Waals surface area (Å²) in [4.78, 5) is 2.41. The van der Waals surface area contributed by atoms with Crippen molar-refractivity contribution in [2.24, 2.45) is 11.1 Å². The van der Waals surface area contributed by atoms with E-state index in [1.165, 1.54) is 19.3 Å². The average molecular weight is 276 g/mol. The second-order valence-electron chi connectivity index (χ2n) is 6.97. The lowest BCUT2D eigenvalue weighted by atomic mass is 9.85. The van der Waals surface area contributed by atoms with Gasteiger partial charge in [0.2, 0.25) is 0 Å². The first kappa shape index (κ1) is 15.5. The highest BCUT2D eigenvalue weighted by Gasteiger charge is 2.31. The predicted octanol–water partition coefficient (Wildman–Crippen LogP) is 2.34. The van der Waals surface area contributed by atoms with Crippen LogP contribution >= 0.6 is 0 Å². The summed E-state index contributed by atoms with van der Waals surface area (Å²) >= 11 is 0. The minimum absolute atomic E-state index is 0.0170. The zero-order valence-corrected chi connectivity index (χ0v) is 12.8. The summed E-state index contributed by atoms with van der Waals surface area (Å²) in [7, 11) is 0. The molecule has 0 bridgehead atoms. The Morgan fingerprint density at radius 1 is 1.20 bits per heavy atom. The maximum Gasteiger partial charge on any atom is 0.0772 e. The van der Waals surface area contributed by atoms with Crippen molar-refractivity contribution in [1.29, 1.82) is 0 Å². The molecule has 0 amide bonds. The van der Waals surface area contributed by atoms with Crippen LogP contribution in [0.3, 0.4) is 0 Å². The van der Waals surface area contributed by atoms with E-state index in [2.05, 4.69) is 18.7 Å². The number of likely N-dealkylation sites (tertiary alicyclic amines) is 1. The third kappa shape index (κ3) is 3.81. The van der Waals surface area contributed by atoms with Gasteiger partial charge in [-0.25, -0.2) is 0 Å². The van der Waals surface area contributed by atoms with Crippen molar-refractivity contribution in [1.82, 2.24) is 4.90 Å². The van der Waals surface area contributed by atoms with Crippen molar-refractivity contribution in [2.45, 2.75) is 38.6 Å². The van der Waals surface area contributed by atoms with Crippen molar-refractivity contribution in [2.75, 3.05) is 26.2 Å². The second-order valence-corrected chi connectivity index (χ2v) is 6.97. The minimum Gasteiger partial charge on any atom is -0.394 e. The van der Waals surface area contributed by atoms with Crippen LogP contribution in [-0.2, 0) is 5.54 Å². The average Bonchev–Trinajstić information content (AvgIpc) is 2.61. The lowest BCUT2D eigenvalue weighted by Crippen LogP contribution is -2.50. The summed E-state index contributed by atoms with van der Waals surface area (Å²) in [6, 6.07) is 9.97. The van der Waals surface area contributed by atoms with E-state index in [1.54, 1.807) is 0 Å². The number of rotatable bonds is 4. The topological polar surface area (TPSA) is 49.5 Å². The molecule has 0 spiro atoms. The number of hydrogen-bond donors (Lipinski definition) is 2. The number of aliphatic hydroxyl groups excluding tert-OH is 1. The lowest BCUT2D eigenvalue weighted by molar-refractivity contribution is 0.136. The van der Waals surface area contributed by atoms with Gasteiger partial charge in [0, 0.05) is 6.54 Å². The van der Waals surface area contributed by atoms with E-state index in [4.69, 9.17) is 5.73 Å². The molecule has 3 heteroatoms. The molecule has 2 rings (SSSR count). The van der Waals surface area contributed by atoms with Crippen LogP contribution in [0.25, 0.3) is 0 Å². The third-order valence-electron chi connectivity index (χ3n) is 4.57. The molecule has 1 unspecified atom stereocenters. The first-order valence-electron chi connectivity index (χ1n) is 7.63. The molecule has 0 radical (unpaired) electrons. The Hall–Kier alpha value is -0.900. The van der Waals surface area contributed by atoms with Crippen molar-refractivity contribution in [3.05, 3.63) is 35.9 Å². The molecule has 20 heavy (non-hydrogen) atoms. The number of hydrogen-bond acceptors (Lipinski definition) is 3. The van der Waals surface area contributed by atoms with Gasteiger partial charge in [-0.1, -0.05) is 44.2 Å². The van der Waals surface area contributed by atoms with Gasteiger partial charge in [-0.05, 0) is 43.3 Å². The Morgan fingerprint density at radius 2 is 1.90 bits per heavy atom. The zero-order valence-electron chi connectivity index (χ0n) is 12.8. The maximum absolute atomic E-state index is 9.79. The molecular weight excluding hydrogens is 248 g/mol. The van der Waals surface area contributed by atoms with E-state index >= 15 is 0 Å². The largest absolute Gasteiger partial charge is 0.394 e.